The molecule has 0 unspecified atom stereocenters. The van der Waals surface area contributed by atoms with E-state index in [1.807, 2.05) is 6.92 Å². The molecule has 0 saturated carbocycles. The van der Waals surface area contributed by atoms with Crippen molar-refractivity contribution in [3.05, 3.63) is 11.6 Å². The summed E-state index contributed by atoms with van der Waals surface area (Å²) in [6, 6.07) is 0. The molecule has 0 aromatic rings. The number of hydrogen-bond acceptors (Lipinski definition) is 2. The quantitative estimate of drug-likeness (QED) is 0.712. The molecule has 0 atom stereocenters. The van der Waals surface area contributed by atoms with Gasteiger partial charge in [0.2, 0.25) is 0 Å². The summed E-state index contributed by atoms with van der Waals surface area (Å²) < 4.78 is 0.127. The molecule has 1 N–H and O–H groups in total. The fourth-order valence-electron chi connectivity index (χ4n) is 0.749. The third kappa shape index (κ3) is 6.70. The number of hydrogen-bond donors (Lipinski definition) is 1. The molecule has 0 aliphatic heterocycles. The van der Waals surface area contributed by atoms with E-state index in [-0.39, 0.29) is 4.75 Å². The number of rotatable bonds is 4. The zero-order chi connectivity index (χ0) is 10.5. The van der Waals surface area contributed by atoms with E-state index in [1.165, 1.54) is 0 Å². The lowest BCUT2D eigenvalue weighted by Crippen LogP contribution is -2.12. The van der Waals surface area contributed by atoms with Crippen LogP contribution < -0.4 is 0 Å². The molecular formula is C10H18O2S. The first-order valence-electron chi connectivity index (χ1n) is 4.43. The molecule has 0 saturated heterocycles. The maximum atomic E-state index is 10.7. The van der Waals surface area contributed by atoms with Crippen molar-refractivity contribution in [1.29, 1.82) is 0 Å². The van der Waals surface area contributed by atoms with Gasteiger partial charge in [0.1, 0.15) is 0 Å². The van der Waals surface area contributed by atoms with Gasteiger partial charge in [0.05, 0.1) is 0 Å². The second-order valence-electron chi connectivity index (χ2n) is 3.84. The maximum Gasteiger partial charge on any atom is 0.332 e. The Morgan fingerprint density at radius 3 is 2.31 bits per heavy atom. The van der Waals surface area contributed by atoms with Crippen LogP contribution >= 0.6 is 11.8 Å². The van der Waals surface area contributed by atoms with Gasteiger partial charge in [-0.05, 0) is 6.42 Å². The zero-order valence-corrected chi connectivity index (χ0v) is 9.57. The number of aliphatic carboxylic acids is 1. The van der Waals surface area contributed by atoms with Crippen molar-refractivity contribution < 1.29 is 9.90 Å². The van der Waals surface area contributed by atoms with E-state index in [2.05, 4.69) is 20.8 Å². The number of allylic oxidation sites excluding steroid dienone is 1. The summed E-state index contributed by atoms with van der Waals surface area (Å²) in [7, 11) is 0. The predicted octanol–water partition coefficient (Wildman–Crippen LogP) is 2.94. The lowest BCUT2D eigenvalue weighted by Gasteiger charge is -2.17. The molecule has 2 nitrogen and oxygen atoms in total. The summed E-state index contributed by atoms with van der Waals surface area (Å²) in [5, 5.41) is 8.82. The Kier molecular flexibility index (Phi) is 5.14. The Bertz CT molecular complexity index is 201. The molecule has 0 spiro atoms. The molecule has 13 heavy (non-hydrogen) atoms. The number of carbonyl (C=O) groups is 1. The molecule has 0 aromatic heterocycles. The van der Waals surface area contributed by atoms with E-state index in [0.29, 0.717) is 11.3 Å². The van der Waals surface area contributed by atoms with Crippen LogP contribution in [0, 0.1) is 0 Å². The molecule has 0 fully saturated rings. The Balaban J connectivity index is 4.14. The third-order valence-electron chi connectivity index (χ3n) is 1.39. The smallest absolute Gasteiger partial charge is 0.332 e. The summed E-state index contributed by atoms with van der Waals surface area (Å²) in [6.45, 7) is 8.21. The average molecular weight is 202 g/mol. The molecule has 3 heteroatoms. The molecule has 0 amide bonds. The molecular weight excluding hydrogens is 184 g/mol. The van der Waals surface area contributed by atoms with Gasteiger partial charge in [-0.15, -0.1) is 0 Å². The van der Waals surface area contributed by atoms with E-state index in [4.69, 9.17) is 5.11 Å². The van der Waals surface area contributed by atoms with Gasteiger partial charge in [-0.2, -0.15) is 11.8 Å². The van der Waals surface area contributed by atoms with Crippen molar-refractivity contribution in [1.82, 2.24) is 0 Å². The van der Waals surface area contributed by atoms with Gasteiger partial charge in [-0.3, -0.25) is 0 Å². The number of thioether (sulfide) groups is 1. The van der Waals surface area contributed by atoms with E-state index in [1.54, 1.807) is 17.8 Å². The summed E-state index contributed by atoms with van der Waals surface area (Å²) >= 11 is 1.66. The molecule has 0 radical (unpaired) electrons. The summed E-state index contributed by atoms with van der Waals surface area (Å²) in [5.41, 5.74) is 0.516. The minimum absolute atomic E-state index is 0.127. The van der Waals surface area contributed by atoms with Crippen molar-refractivity contribution in [2.45, 2.75) is 38.9 Å². The van der Waals surface area contributed by atoms with Gasteiger partial charge in [0, 0.05) is 16.1 Å². The summed E-state index contributed by atoms with van der Waals surface area (Å²) in [5.74, 6) is -0.203. The average Bonchev–Trinajstić information content (AvgIpc) is 1.95. The van der Waals surface area contributed by atoms with Crippen LogP contribution in [0.25, 0.3) is 0 Å². The van der Waals surface area contributed by atoms with Gasteiger partial charge in [0.15, 0.2) is 0 Å². The molecule has 0 rings (SSSR count). The lowest BCUT2D eigenvalue weighted by atomic mass is 10.2. The topological polar surface area (TPSA) is 37.3 Å². The molecule has 76 valence electrons. The fourth-order valence-corrected chi connectivity index (χ4v) is 1.58. The fraction of sp³-hybridized carbons (Fsp3) is 0.700. The van der Waals surface area contributed by atoms with Crippen LogP contribution in [0.3, 0.4) is 0 Å². The van der Waals surface area contributed by atoms with Gasteiger partial charge >= 0.3 is 5.97 Å². The van der Waals surface area contributed by atoms with Crippen LogP contribution in [0.4, 0.5) is 0 Å². The number of carboxylic acid groups (broad SMARTS) is 1. The van der Waals surface area contributed by atoms with E-state index < -0.39 is 5.97 Å². The van der Waals surface area contributed by atoms with E-state index >= 15 is 0 Å². The Hall–Kier alpha value is -0.440. The van der Waals surface area contributed by atoms with E-state index in [9.17, 15) is 4.79 Å². The van der Waals surface area contributed by atoms with Crippen molar-refractivity contribution in [3.63, 3.8) is 0 Å². The third-order valence-corrected chi connectivity index (χ3v) is 2.71. The first kappa shape index (κ1) is 12.6. The first-order valence-corrected chi connectivity index (χ1v) is 5.41. The van der Waals surface area contributed by atoms with E-state index in [0.717, 1.165) is 6.42 Å². The second kappa shape index (κ2) is 5.32. The summed E-state index contributed by atoms with van der Waals surface area (Å²) in [4.78, 5) is 10.7. The zero-order valence-electron chi connectivity index (χ0n) is 8.76. The molecule has 0 aromatic carbocycles. The minimum atomic E-state index is -0.793. The van der Waals surface area contributed by atoms with Gasteiger partial charge in [-0.25, -0.2) is 4.79 Å². The maximum absolute atomic E-state index is 10.7. The highest BCUT2D eigenvalue weighted by molar-refractivity contribution is 8.00. The molecule has 0 aliphatic rings. The standard InChI is InChI=1S/C10H18O2S/c1-5-6-8(9(11)12)7-13-10(2,3)4/h6H,5,7H2,1-4H3,(H,11,12). The monoisotopic (exact) mass is 202 g/mol. The first-order chi connectivity index (χ1) is 5.87. The largest absolute Gasteiger partial charge is 0.478 e. The highest BCUT2D eigenvalue weighted by Crippen LogP contribution is 2.25. The van der Waals surface area contributed by atoms with Crippen LogP contribution in [-0.4, -0.2) is 21.6 Å². The molecule has 0 heterocycles. The van der Waals surface area contributed by atoms with Gasteiger partial charge < -0.3 is 5.11 Å². The van der Waals surface area contributed by atoms with Crippen LogP contribution in [0.15, 0.2) is 11.6 Å². The van der Waals surface area contributed by atoms with Crippen LogP contribution in [-0.2, 0) is 4.79 Å². The predicted molar refractivity (Wildman–Crippen MR) is 58.2 cm³/mol. The summed E-state index contributed by atoms with van der Waals surface area (Å²) in [6.07, 6.45) is 2.56. The van der Waals surface area contributed by atoms with Gasteiger partial charge in [0.25, 0.3) is 0 Å². The molecule has 0 aliphatic carbocycles. The van der Waals surface area contributed by atoms with Crippen molar-refractivity contribution in [2.75, 3.05) is 5.75 Å². The Labute approximate surface area is 84.4 Å². The SMILES string of the molecule is CCC=C(CSC(C)(C)C)C(=O)O. The Morgan fingerprint density at radius 2 is 2.00 bits per heavy atom. The lowest BCUT2D eigenvalue weighted by molar-refractivity contribution is -0.132. The van der Waals surface area contributed by atoms with Crippen LogP contribution in [0.1, 0.15) is 34.1 Å². The van der Waals surface area contributed by atoms with Crippen LogP contribution in [0.5, 0.6) is 0 Å². The highest BCUT2D eigenvalue weighted by atomic mass is 32.2. The Morgan fingerprint density at radius 1 is 1.46 bits per heavy atom. The normalized spacial score (nSPS) is 13.1. The number of carboxylic acids is 1. The van der Waals surface area contributed by atoms with Gasteiger partial charge in [-0.1, -0.05) is 33.8 Å². The molecule has 0 bridgehead atoms. The van der Waals surface area contributed by atoms with Crippen molar-refractivity contribution in [3.8, 4) is 0 Å². The van der Waals surface area contributed by atoms with Crippen molar-refractivity contribution in [2.24, 2.45) is 0 Å². The van der Waals surface area contributed by atoms with Crippen molar-refractivity contribution >= 4 is 17.7 Å². The second-order valence-corrected chi connectivity index (χ2v) is 5.65. The minimum Gasteiger partial charge on any atom is -0.478 e. The highest BCUT2D eigenvalue weighted by Gasteiger charge is 2.14. The van der Waals surface area contributed by atoms with Crippen LogP contribution in [0.2, 0.25) is 0 Å².